The predicted octanol–water partition coefficient (Wildman–Crippen LogP) is 3.26. The lowest BCUT2D eigenvalue weighted by atomic mass is 9.95. The van der Waals surface area contributed by atoms with Crippen molar-refractivity contribution in [1.82, 2.24) is 30.4 Å². The number of H-pyrrole nitrogens is 1. The highest BCUT2D eigenvalue weighted by Crippen LogP contribution is 2.37. The number of hydrogen-bond acceptors (Lipinski definition) is 6. The van der Waals surface area contributed by atoms with Crippen LogP contribution in [-0.2, 0) is 19.0 Å². The Hall–Kier alpha value is -3.68. The van der Waals surface area contributed by atoms with Gasteiger partial charge in [0, 0.05) is 17.5 Å². The van der Waals surface area contributed by atoms with E-state index in [1.807, 2.05) is 6.07 Å². The summed E-state index contributed by atoms with van der Waals surface area (Å²) < 4.78 is 41.9. The van der Waals surface area contributed by atoms with Crippen molar-refractivity contribution in [3.8, 4) is 11.8 Å². The van der Waals surface area contributed by atoms with Crippen LogP contribution in [0.2, 0.25) is 0 Å². The standard InChI is InChI=1S/C18H15F3N8/c19-18(20,21)16-12-5-1-3-7-14(12)29(26-16)15-8-4-2-6-13(15)23-10-11(9-22)17-24-27-28-25-17/h2,4,6,8,10,23H,1,3,5,7H2,(H,24,25,27,28). The third-order valence-corrected chi connectivity index (χ3v) is 4.66. The fraction of sp³-hybridized carbons (Fsp3) is 0.278. The highest BCUT2D eigenvalue weighted by Gasteiger charge is 2.39. The smallest absolute Gasteiger partial charge is 0.359 e. The minimum absolute atomic E-state index is 0.105. The SMILES string of the molecule is N#CC(=CNc1ccccc1-n1nc(C(F)(F)F)c2c1CCCC2)c1nn[nH]n1. The highest BCUT2D eigenvalue weighted by molar-refractivity contribution is 5.75. The van der Waals surface area contributed by atoms with Crippen molar-refractivity contribution in [2.24, 2.45) is 0 Å². The Morgan fingerprint density at radius 2 is 2.03 bits per heavy atom. The first kappa shape index (κ1) is 18.7. The van der Waals surface area contributed by atoms with E-state index in [0.717, 1.165) is 6.42 Å². The number of nitriles is 1. The number of tetrazole rings is 1. The third-order valence-electron chi connectivity index (χ3n) is 4.66. The molecule has 0 unspecified atom stereocenters. The van der Waals surface area contributed by atoms with Crippen LogP contribution in [0, 0.1) is 11.3 Å². The summed E-state index contributed by atoms with van der Waals surface area (Å²) in [7, 11) is 0. The highest BCUT2D eigenvalue weighted by atomic mass is 19.4. The first-order valence-electron chi connectivity index (χ1n) is 8.87. The largest absolute Gasteiger partial charge is 0.435 e. The van der Waals surface area contributed by atoms with Gasteiger partial charge in [-0.05, 0) is 43.0 Å². The molecular weight excluding hydrogens is 385 g/mol. The lowest BCUT2D eigenvalue weighted by molar-refractivity contribution is -0.142. The number of allylic oxidation sites excluding steroid dienone is 1. The summed E-state index contributed by atoms with van der Waals surface area (Å²) in [4.78, 5) is 0. The second-order valence-electron chi connectivity index (χ2n) is 6.46. The van der Waals surface area contributed by atoms with Crippen LogP contribution in [0.4, 0.5) is 18.9 Å². The number of alkyl halides is 3. The van der Waals surface area contributed by atoms with E-state index in [1.165, 1.54) is 10.9 Å². The van der Waals surface area contributed by atoms with Gasteiger partial charge in [-0.25, -0.2) is 4.68 Å². The average molecular weight is 400 g/mol. The second kappa shape index (κ2) is 7.38. The van der Waals surface area contributed by atoms with Crippen LogP contribution in [0.1, 0.15) is 35.6 Å². The molecule has 2 N–H and O–H groups in total. The maximum Gasteiger partial charge on any atom is 0.435 e. The van der Waals surface area contributed by atoms with Crippen LogP contribution in [-0.4, -0.2) is 30.4 Å². The molecule has 1 aromatic carbocycles. The van der Waals surface area contributed by atoms with Crippen molar-refractivity contribution in [3.63, 3.8) is 0 Å². The van der Waals surface area contributed by atoms with E-state index < -0.39 is 11.9 Å². The number of anilines is 1. The fourth-order valence-corrected chi connectivity index (χ4v) is 3.38. The lowest BCUT2D eigenvalue weighted by Gasteiger charge is -2.16. The van der Waals surface area contributed by atoms with Gasteiger partial charge in [-0.2, -0.15) is 28.7 Å². The van der Waals surface area contributed by atoms with Gasteiger partial charge in [0.05, 0.1) is 11.4 Å². The second-order valence-corrected chi connectivity index (χ2v) is 6.46. The molecule has 0 fully saturated rings. The van der Waals surface area contributed by atoms with E-state index in [9.17, 15) is 18.4 Å². The molecule has 0 saturated heterocycles. The molecule has 3 aromatic rings. The van der Waals surface area contributed by atoms with Gasteiger partial charge in [-0.15, -0.1) is 10.2 Å². The molecule has 0 radical (unpaired) electrons. The number of aromatic amines is 1. The molecule has 0 saturated carbocycles. The summed E-state index contributed by atoms with van der Waals surface area (Å²) >= 11 is 0. The van der Waals surface area contributed by atoms with Crippen molar-refractivity contribution in [1.29, 1.82) is 5.26 Å². The molecule has 4 rings (SSSR count). The summed E-state index contributed by atoms with van der Waals surface area (Å²) in [6.45, 7) is 0. The van der Waals surface area contributed by atoms with Crippen LogP contribution < -0.4 is 5.32 Å². The maximum atomic E-state index is 13.5. The van der Waals surface area contributed by atoms with E-state index in [-0.39, 0.29) is 17.0 Å². The summed E-state index contributed by atoms with van der Waals surface area (Å²) in [5.74, 6) is 0.105. The monoisotopic (exact) mass is 400 g/mol. The first-order chi connectivity index (χ1) is 14.0. The Labute approximate surface area is 163 Å². The van der Waals surface area contributed by atoms with E-state index in [4.69, 9.17) is 0 Å². The number of hydrogen-bond donors (Lipinski definition) is 2. The van der Waals surface area contributed by atoms with Gasteiger partial charge in [0.15, 0.2) is 5.69 Å². The molecule has 2 aromatic heterocycles. The topological polar surface area (TPSA) is 108 Å². The molecule has 0 aliphatic heterocycles. The molecule has 0 bridgehead atoms. The molecule has 2 heterocycles. The predicted molar refractivity (Wildman–Crippen MR) is 96.6 cm³/mol. The van der Waals surface area contributed by atoms with Gasteiger partial charge < -0.3 is 5.32 Å². The number of nitrogens with zero attached hydrogens (tertiary/aromatic N) is 6. The molecule has 1 aliphatic carbocycles. The molecule has 1 aliphatic rings. The van der Waals surface area contributed by atoms with Crippen LogP contribution in [0.5, 0.6) is 0 Å². The quantitative estimate of drug-likeness (QED) is 0.651. The zero-order valence-corrected chi connectivity index (χ0v) is 15.0. The van der Waals surface area contributed by atoms with Gasteiger partial charge in [-0.1, -0.05) is 12.1 Å². The van der Waals surface area contributed by atoms with Crippen LogP contribution in [0.25, 0.3) is 11.3 Å². The van der Waals surface area contributed by atoms with Crippen molar-refractivity contribution in [2.45, 2.75) is 31.9 Å². The molecule has 8 nitrogen and oxygen atoms in total. The number of halogens is 3. The summed E-state index contributed by atoms with van der Waals surface area (Å²) in [6, 6.07) is 8.78. The number of aromatic nitrogens is 6. The maximum absolute atomic E-state index is 13.5. The van der Waals surface area contributed by atoms with E-state index >= 15 is 0 Å². The average Bonchev–Trinajstić information content (AvgIpc) is 3.37. The van der Waals surface area contributed by atoms with Crippen molar-refractivity contribution in [2.75, 3.05) is 5.32 Å². The minimum atomic E-state index is -4.51. The first-order valence-corrected chi connectivity index (χ1v) is 8.87. The van der Waals surface area contributed by atoms with Crippen LogP contribution >= 0.6 is 0 Å². The van der Waals surface area contributed by atoms with Crippen molar-refractivity contribution < 1.29 is 13.2 Å². The Kier molecular flexibility index (Phi) is 4.75. The molecular formula is C18H15F3N8. The molecule has 29 heavy (non-hydrogen) atoms. The van der Waals surface area contributed by atoms with Crippen LogP contribution in [0.15, 0.2) is 30.5 Å². The van der Waals surface area contributed by atoms with Gasteiger partial charge >= 0.3 is 6.18 Å². The summed E-state index contributed by atoms with van der Waals surface area (Å²) in [5, 5.41) is 29.3. The Morgan fingerprint density at radius 1 is 1.24 bits per heavy atom. The normalized spacial score (nSPS) is 14.3. The van der Waals surface area contributed by atoms with Gasteiger partial charge in [0.1, 0.15) is 11.6 Å². The molecule has 0 atom stereocenters. The lowest BCUT2D eigenvalue weighted by Crippen LogP contribution is -2.11. The summed E-state index contributed by atoms with van der Waals surface area (Å²) in [6.07, 6.45) is -0.737. The van der Waals surface area contributed by atoms with Crippen LogP contribution in [0.3, 0.4) is 0 Å². The van der Waals surface area contributed by atoms with Gasteiger partial charge in [-0.3, -0.25) is 0 Å². The Balaban J connectivity index is 1.77. The number of nitrogens with one attached hydrogen (secondary N) is 2. The minimum Gasteiger partial charge on any atom is -0.359 e. The van der Waals surface area contributed by atoms with Gasteiger partial charge in [0.2, 0.25) is 5.82 Å². The number of fused-ring (bicyclic) bond motifs is 1. The number of rotatable bonds is 4. The van der Waals surface area contributed by atoms with E-state index in [2.05, 4.69) is 31.0 Å². The molecule has 0 amide bonds. The number of benzene rings is 1. The fourth-order valence-electron chi connectivity index (χ4n) is 3.38. The van der Waals surface area contributed by atoms with Crippen molar-refractivity contribution >= 4 is 11.3 Å². The third kappa shape index (κ3) is 3.56. The molecule has 11 heteroatoms. The zero-order chi connectivity index (χ0) is 20.4. The van der Waals surface area contributed by atoms with E-state index in [1.54, 1.807) is 24.3 Å². The Morgan fingerprint density at radius 3 is 2.76 bits per heavy atom. The molecule has 0 spiro atoms. The summed E-state index contributed by atoms with van der Waals surface area (Å²) in [5.41, 5.74) is 1.07. The Bertz CT molecular complexity index is 1090. The van der Waals surface area contributed by atoms with E-state index in [0.29, 0.717) is 36.3 Å². The van der Waals surface area contributed by atoms with Crippen molar-refractivity contribution in [3.05, 3.63) is 53.2 Å². The number of para-hydroxylation sites is 2. The van der Waals surface area contributed by atoms with Gasteiger partial charge in [0.25, 0.3) is 0 Å². The molecule has 148 valence electrons. The zero-order valence-electron chi connectivity index (χ0n) is 15.0.